The molecule has 1 aliphatic rings. The number of ether oxygens (including phenoxy) is 2. The zero-order valence-corrected chi connectivity index (χ0v) is 15.6. The topological polar surface area (TPSA) is 47.6 Å². The van der Waals surface area contributed by atoms with E-state index in [1.807, 2.05) is 31.2 Å². The summed E-state index contributed by atoms with van der Waals surface area (Å²) in [6.45, 7) is 5.37. The van der Waals surface area contributed by atoms with Crippen molar-refractivity contribution in [2.45, 2.75) is 64.8 Å². The summed E-state index contributed by atoms with van der Waals surface area (Å²) in [6.07, 6.45) is 11.5. The molecule has 1 amide bonds. The van der Waals surface area contributed by atoms with Crippen LogP contribution in [0, 0.1) is 0 Å². The third-order valence-electron chi connectivity index (χ3n) is 4.40. The van der Waals surface area contributed by atoms with E-state index >= 15 is 0 Å². The normalized spacial score (nSPS) is 15.3. The van der Waals surface area contributed by atoms with Gasteiger partial charge in [0.2, 0.25) is 5.91 Å². The molecular formula is C21H31NO3. The molecule has 0 bridgehead atoms. The Morgan fingerprint density at radius 2 is 1.96 bits per heavy atom. The molecule has 0 radical (unpaired) electrons. The molecule has 0 spiro atoms. The second kappa shape index (κ2) is 10.8. The SMILES string of the molecule is CCCCOc1ccc(/C=C/C(=O)NC2CCCCC2)cc1OCC. The van der Waals surface area contributed by atoms with E-state index in [0.717, 1.165) is 42.7 Å². The molecule has 1 aromatic carbocycles. The second-order valence-corrected chi connectivity index (χ2v) is 6.52. The monoisotopic (exact) mass is 345 g/mol. The first-order chi connectivity index (χ1) is 12.2. The molecule has 0 heterocycles. The lowest BCUT2D eigenvalue weighted by atomic mass is 9.95. The van der Waals surface area contributed by atoms with Gasteiger partial charge < -0.3 is 14.8 Å². The molecule has 2 rings (SSSR count). The average molecular weight is 345 g/mol. The Morgan fingerprint density at radius 1 is 1.16 bits per heavy atom. The molecule has 1 aromatic rings. The lowest BCUT2D eigenvalue weighted by Gasteiger charge is -2.21. The van der Waals surface area contributed by atoms with E-state index in [9.17, 15) is 4.79 Å². The van der Waals surface area contributed by atoms with Gasteiger partial charge in [0.25, 0.3) is 0 Å². The van der Waals surface area contributed by atoms with E-state index in [4.69, 9.17) is 9.47 Å². The highest BCUT2D eigenvalue weighted by molar-refractivity contribution is 5.92. The molecule has 4 heteroatoms. The number of unbranched alkanes of at least 4 members (excludes halogenated alkanes) is 1. The standard InChI is InChI=1S/C21H31NO3/c1-3-5-15-25-19-13-11-17(16-20(19)24-4-2)12-14-21(23)22-18-9-7-6-8-10-18/h11-14,16,18H,3-10,15H2,1-2H3,(H,22,23)/b14-12+. The number of nitrogens with one attached hydrogen (secondary N) is 1. The van der Waals surface area contributed by atoms with E-state index in [1.54, 1.807) is 6.08 Å². The quantitative estimate of drug-likeness (QED) is 0.520. The van der Waals surface area contributed by atoms with Crippen LogP contribution in [0.1, 0.15) is 64.4 Å². The van der Waals surface area contributed by atoms with Crippen molar-refractivity contribution in [1.29, 1.82) is 0 Å². The highest BCUT2D eigenvalue weighted by atomic mass is 16.5. The summed E-state index contributed by atoms with van der Waals surface area (Å²) >= 11 is 0. The molecule has 0 atom stereocenters. The number of benzene rings is 1. The molecule has 1 saturated carbocycles. The Morgan fingerprint density at radius 3 is 2.68 bits per heavy atom. The Hall–Kier alpha value is -1.97. The van der Waals surface area contributed by atoms with Gasteiger partial charge in [0.1, 0.15) is 0 Å². The van der Waals surface area contributed by atoms with E-state index in [-0.39, 0.29) is 5.91 Å². The smallest absolute Gasteiger partial charge is 0.244 e. The third-order valence-corrected chi connectivity index (χ3v) is 4.40. The first-order valence-electron chi connectivity index (χ1n) is 9.61. The molecule has 0 unspecified atom stereocenters. The van der Waals surface area contributed by atoms with Crippen LogP contribution in [0.2, 0.25) is 0 Å². The fourth-order valence-electron chi connectivity index (χ4n) is 3.01. The fraction of sp³-hybridized carbons (Fsp3) is 0.571. The van der Waals surface area contributed by atoms with Crippen molar-refractivity contribution in [2.75, 3.05) is 13.2 Å². The fourth-order valence-corrected chi connectivity index (χ4v) is 3.01. The summed E-state index contributed by atoms with van der Waals surface area (Å²) in [5, 5.41) is 3.09. The molecule has 0 aromatic heterocycles. The summed E-state index contributed by atoms with van der Waals surface area (Å²) in [7, 11) is 0. The number of carbonyl (C=O) groups excluding carboxylic acids is 1. The molecule has 138 valence electrons. The Kier molecular flexibility index (Phi) is 8.36. The summed E-state index contributed by atoms with van der Waals surface area (Å²) < 4.78 is 11.5. The van der Waals surface area contributed by atoms with Crippen molar-refractivity contribution in [2.24, 2.45) is 0 Å². The van der Waals surface area contributed by atoms with Crippen molar-refractivity contribution in [3.63, 3.8) is 0 Å². The molecule has 1 N–H and O–H groups in total. The maximum Gasteiger partial charge on any atom is 0.244 e. The average Bonchev–Trinajstić information content (AvgIpc) is 2.63. The van der Waals surface area contributed by atoms with Crippen LogP contribution in [0.15, 0.2) is 24.3 Å². The summed E-state index contributed by atoms with van der Waals surface area (Å²) in [6, 6.07) is 6.13. The molecule has 4 nitrogen and oxygen atoms in total. The predicted octanol–water partition coefficient (Wildman–Crippen LogP) is 4.73. The van der Waals surface area contributed by atoms with Gasteiger partial charge in [-0.05, 0) is 50.0 Å². The Labute approximate surface area is 151 Å². The minimum absolute atomic E-state index is 0.0202. The van der Waals surface area contributed by atoms with Gasteiger partial charge in [-0.2, -0.15) is 0 Å². The minimum atomic E-state index is -0.0202. The molecule has 0 aliphatic heterocycles. The first-order valence-corrected chi connectivity index (χ1v) is 9.61. The van der Waals surface area contributed by atoms with Crippen molar-refractivity contribution >= 4 is 12.0 Å². The molecular weight excluding hydrogens is 314 g/mol. The van der Waals surface area contributed by atoms with Gasteiger partial charge in [-0.3, -0.25) is 4.79 Å². The van der Waals surface area contributed by atoms with Crippen molar-refractivity contribution < 1.29 is 14.3 Å². The van der Waals surface area contributed by atoms with Crippen molar-refractivity contribution in [3.8, 4) is 11.5 Å². The third kappa shape index (κ3) is 6.81. The molecule has 0 saturated heterocycles. The molecule has 1 aliphatic carbocycles. The minimum Gasteiger partial charge on any atom is -0.490 e. The van der Waals surface area contributed by atoms with E-state index in [2.05, 4.69) is 12.2 Å². The van der Waals surface area contributed by atoms with E-state index in [1.165, 1.54) is 19.3 Å². The predicted molar refractivity (Wildman–Crippen MR) is 102 cm³/mol. The van der Waals surface area contributed by atoms with Gasteiger partial charge in [-0.25, -0.2) is 0 Å². The lowest BCUT2D eigenvalue weighted by molar-refractivity contribution is -0.117. The Bertz CT molecular complexity index is 562. The highest BCUT2D eigenvalue weighted by Gasteiger charge is 2.14. The van der Waals surface area contributed by atoms with Gasteiger partial charge in [0.05, 0.1) is 13.2 Å². The van der Waals surface area contributed by atoms with Gasteiger partial charge in [0.15, 0.2) is 11.5 Å². The zero-order valence-electron chi connectivity index (χ0n) is 15.6. The van der Waals surface area contributed by atoms with Crippen LogP contribution < -0.4 is 14.8 Å². The van der Waals surface area contributed by atoms with E-state index < -0.39 is 0 Å². The van der Waals surface area contributed by atoms with Crippen LogP contribution in [0.5, 0.6) is 11.5 Å². The highest BCUT2D eigenvalue weighted by Crippen LogP contribution is 2.29. The molecule has 25 heavy (non-hydrogen) atoms. The van der Waals surface area contributed by atoms with Gasteiger partial charge in [0, 0.05) is 12.1 Å². The summed E-state index contributed by atoms with van der Waals surface area (Å²) in [4.78, 5) is 12.1. The van der Waals surface area contributed by atoms with E-state index in [0.29, 0.717) is 19.3 Å². The number of hydrogen-bond acceptors (Lipinski definition) is 3. The summed E-state index contributed by atoms with van der Waals surface area (Å²) in [5.74, 6) is 1.47. The Balaban J connectivity index is 1.95. The second-order valence-electron chi connectivity index (χ2n) is 6.52. The lowest BCUT2D eigenvalue weighted by Crippen LogP contribution is -2.34. The molecule has 1 fully saturated rings. The van der Waals surface area contributed by atoms with Crippen LogP contribution in [0.25, 0.3) is 6.08 Å². The number of amides is 1. The van der Waals surface area contributed by atoms with Gasteiger partial charge in [-0.15, -0.1) is 0 Å². The zero-order chi connectivity index (χ0) is 17.9. The van der Waals surface area contributed by atoms with Crippen LogP contribution in [-0.4, -0.2) is 25.2 Å². The van der Waals surface area contributed by atoms with Crippen LogP contribution in [0.4, 0.5) is 0 Å². The van der Waals surface area contributed by atoms with Crippen LogP contribution in [0.3, 0.4) is 0 Å². The van der Waals surface area contributed by atoms with Crippen LogP contribution in [-0.2, 0) is 4.79 Å². The van der Waals surface area contributed by atoms with Gasteiger partial charge in [-0.1, -0.05) is 38.7 Å². The number of carbonyl (C=O) groups is 1. The number of hydrogen-bond donors (Lipinski definition) is 1. The van der Waals surface area contributed by atoms with Crippen molar-refractivity contribution in [3.05, 3.63) is 29.8 Å². The summed E-state index contributed by atoms with van der Waals surface area (Å²) in [5.41, 5.74) is 0.935. The maximum absolute atomic E-state index is 12.1. The van der Waals surface area contributed by atoms with Gasteiger partial charge >= 0.3 is 0 Å². The van der Waals surface area contributed by atoms with Crippen LogP contribution >= 0.6 is 0 Å². The maximum atomic E-state index is 12.1. The number of rotatable bonds is 9. The van der Waals surface area contributed by atoms with Crippen molar-refractivity contribution in [1.82, 2.24) is 5.32 Å². The largest absolute Gasteiger partial charge is 0.490 e. The first kappa shape index (κ1) is 19.4.